The predicted octanol–water partition coefficient (Wildman–Crippen LogP) is 2.44. The highest BCUT2D eigenvalue weighted by atomic mass is 16.1. The van der Waals surface area contributed by atoms with Crippen molar-refractivity contribution in [2.45, 2.75) is 58.8 Å². The van der Waals surface area contributed by atoms with Crippen molar-refractivity contribution in [1.82, 2.24) is 5.32 Å². The maximum Gasteiger partial charge on any atom is 0.219 e. The average Bonchev–Trinajstić information content (AvgIpc) is 2.16. The molecule has 0 spiro atoms. The molecule has 0 aromatic heterocycles. The molecule has 0 fully saturated rings. The summed E-state index contributed by atoms with van der Waals surface area (Å²) in [4.78, 5) is 21.7. The van der Waals surface area contributed by atoms with E-state index in [2.05, 4.69) is 5.32 Å². The van der Waals surface area contributed by atoms with Crippen LogP contribution in [0.15, 0.2) is 0 Å². The molecule has 0 aliphatic carbocycles. The molecule has 0 unspecified atom stereocenters. The Balaban J connectivity index is 3.11. The third-order valence-corrected chi connectivity index (χ3v) is 2.25. The molecule has 3 heteroatoms. The summed E-state index contributed by atoms with van der Waals surface area (Å²) in [5, 5.41) is 2.88. The first-order valence-electron chi connectivity index (χ1n) is 5.93. The van der Waals surface area contributed by atoms with E-state index in [0.717, 1.165) is 38.6 Å². The van der Waals surface area contributed by atoms with Crippen molar-refractivity contribution >= 4 is 11.7 Å². The van der Waals surface area contributed by atoms with E-state index in [1.807, 2.05) is 6.92 Å². The van der Waals surface area contributed by atoms with Gasteiger partial charge in [0.05, 0.1) is 0 Å². The topological polar surface area (TPSA) is 46.2 Å². The Bertz CT molecular complexity index is 190. The fourth-order valence-electron chi connectivity index (χ4n) is 1.40. The van der Waals surface area contributed by atoms with Crippen molar-refractivity contribution in [3.8, 4) is 0 Å². The van der Waals surface area contributed by atoms with Crippen LogP contribution in [0.3, 0.4) is 0 Å². The predicted molar refractivity (Wildman–Crippen MR) is 61.7 cm³/mol. The zero-order chi connectivity index (χ0) is 11.5. The van der Waals surface area contributed by atoms with Crippen molar-refractivity contribution in [3.05, 3.63) is 0 Å². The summed E-state index contributed by atoms with van der Waals surface area (Å²) in [6.45, 7) is 4.41. The number of hydrogen-bond acceptors (Lipinski definition) is 2. The summed E-state index contributed by atoms with van der Waals surface area (Å²) in [5.74, 6) is 0.424. The Morgan fingerprint density at radius 2 is 1.67 bits per heavy atom. The van der Waals surface area contributed by atoms with E-state index in [0.29, 0.717) is 12.8 Å². The molecule has 88 valence electrons. The zero-order valence-electron chi connectivity index (χ0n) is 9.97. The number of nitrogens with one attached hydrogen (secondary N) is 1. The Kier molecular flexibility index (Phi) is 9.13. The minimum Gasteiger partial charge on any atom is -0.356 e. The molecule has 0 rings (SSSR count). The van der Waals surface area contributed by atoms with Gasteiger partial charge in [0.1, 0.15) is 5.78 Å². The number of unbranched alkanes of at least 4 members (excludes halogenated alkanes) is 3. The van der Waals surface area contributed by atoms with Crippen LogP contribution in [0.5, 0.6) is 0 Å². The molecular formula is C12H23NO2. The molecule has 15 heavy (non-hydrogen) atoms. The van der Waals surface area contributed by atoms with E-state index in [9.17, 15) is 9.59 Å². The average molecular weight is 213 g/mol. The second-order valence-electron chi connectivity index (χ2n) is 3.97. The largest absolute Gasteiger partial charge is 0.356 e. The standard InChI is InChI=1S/C12H23NO2/c1-3-8-12(15)13-10-7-5-4-6-9-11(2)14/h3-10H2,1-2H3,(H,13,15). The Hall–Kier alpha value is -0.860. The van der Waals surface area contributed by atoms with E-state index in [1.165, 1.54) is 0 Å². The summed E-state index contributed by atoms with van der Waals surface area (Å²) in [7, 11) is 0. The second kappa shape index (κ2) is 9.69. The number of carbonyl (C=O) groups is 2. The molecule has 0 aromatic carbocycles. The second-order valence-corrected chi connectivity index (χ2v) is 3.97. The summed E-state index contributed by atoms with van der Waals surface area (Å²) >= 11 is 0. The first-order chi connectivity index (χ1) is 7.16. The number of carbonyl (C=O) groups excluding carboxylic acids is 2. The molecule has 0 aromatic rings. The van der Waals surface area contributed by atoms with Crippen molar-refractivity contribution in [3.63, 3.8) is 0 Å². The quantitative estimate of drug-likeness (QED) is 0.598. The van der Waals surface area contributed by atoms with Crippen LogP contribution in [-0.2, 0) is 9.59 Å². The van der Waals surface area contributed by atoms with Crippen molar-refractivity contribution in [1.29, 1.82) is 0 Å². The summed E-state index contributed by atoms with van der Waals surface area (Å²) in [6.07, 6.45) is 6.42. The lowest BCUT2D eigenvalue weighted by Crippen LogP contribution is -2.23. The van der Waals surface area contributed by atoms with Crippen LogP contribution in [0.1, 0.15) is 58.8 Å². The maximum atomic E-state index is 11.1. The van der Waals surface area contributed by atoms with Crippen molar-refractivity contribution in [2.24, 2.45) is 0 Å². The SMILES string of the molecule is CCCC(=O)NCCCCCCC(C)=O. The van der Waals surface area contributed by atoms with E-state index in [-0.39, 0.29) is 11.7 Å². The fraction of sp³-hybridized carbons (Fsp3) is 0.833. The molecule has 1 amide bonds. The summed E-state index contributed by atoms with van der Waals surface area (Å²) in [5.41, 5.74) is 0. The van der Waals surface area contributed by atoms with Crippen LogP contribution < -0.4 is 5.32 Å². The lowest BCUT2D eigenvalue weighted by Gasteiger charge is -2.03. The van der Waals surface area contributed by atoms with E-state index in [4.69, 9.17) is 0 Å². The van der Waals surface area contributed by atoms with Crippen LogP contribution in [-0.4, -0.2) is 18.2 Å². The highest BCUT2D eigenvalue weighted by molar-refractivity contribution is 5.75. The smallest absolute Gasteiger partial charge is 0.219 e. The molecule has 0 heterocycles. The van der Waals surface area contributed by atoms with Gasteiger partial charge in [0, 0.05) is 19.4 Å². The molecule has 0 aliphatic heterocycles. The molecule has 0 aliphatic rings. The van der Waals surface area contributed by atoms with Gasteiger partial charge in [-0.15, -0.1) is 0 Å². The highest BCUT2D eigenvalue weighted by Crippen LogP contribution is 2.02. The number of amides is 1. The zero-order valence-corrected chi connectivity index (χ0v) is 9.97. The molecule has 0 atom stereocenters. The molecular weight excluding hydrogens is 190 g/mol. The first kappa shape index (κ1) is 14.1. The summed E-state index contributed by atoms with van der Waals surface area (Å²) < 4.78 is 0. The molecule has 1 N–H and O–H groups in total. The van der Waals surface area contributed by atoms with E-state index in [1.54, 1.807) is 6.92 Å². The lowest BCUT2D eigenvalue weighted by molar-refractivity contribution is -0.121. The highest BCUT2D eigenvalue weighted by Gasteiger charge is 1.98. The molecule has 0 saturated heterocycles. The molecule has 3 nitrogen and oxygen atoms in total. The van der Waals surface area contributed by atoms with E-state index >= 15 is 0 Å². The van der Waals surface area contributed by atoms with E-state index < -0.39 is 0 Å². The number of ketones is 1. The van der Waals surface area contributed by atoms with Gasteiger partial charge >= 0.3 is 0 Å². The monoisotopic (exact) mass is 213 g/mol. The van der Waals surface area contributed by atoms with Gasteiger partial charge in [-0.3, -0.25) is 4.79 Å². The van der Waals surface area contributed by atoms with Crippen LogP contribution in [0.25, 0.3) is 0 Å². The molecule has 0 bridgehead atoms. The Labute approximate surface area is 92.6 Å². The lowest BCUT2D eigenvalue weighted by atomic mass is 10.1. The van der Waals surface area contributed by atoms with Gasteiger partial charge in [-0.1, -0.05) is 19.8 Å². The molecule has 0 saturated carbocycles. The van der Waals surface area contributed by atoms with Crippen LogP contribution in [0.2, 0.25) is 0 Å². The number of rotatable bonds is 9. The molecule has 0 radical (unpaired) electrons. The van der Waals surface area contributed by atoms with Crippen molar-refractivity contribution in [2.75, 3.05) is 6.54 Å². The van der Waals surface area contributed by atoms with Gasteiger partial charge in [0.2, 0.25) is 5.91 Å². The normalized spacial score (nSPS) is 10.0. The number of hydrogen-bond donors (Lipinski definition) is 1. The van der Waals surface area contributed by atoms with Gasteiger partial charge in [-0.05, 0) is 26.2 Å². The first-order valence-corrected chi connectivity index (χ1v) is 5.93. The summed E-state index contributed by atoms with van der Waals surface area (Å²) in [6, 6.07) is 0. The van der Waals surface area contributed by atoms with Gasteiger partial charge in [-0.2, -0.15) is 0 Å². The minimum atomic E-state index is 0.154. The maximum absolute atomic E-state index is 11.1. The van der Waals surface area contributed by atoms with Crippen LogP contribution in [0.4, 0.5) is 0 Å². The Morgan fingerprint density at radius 1 is 1.00 bits per heavy atom. The van der Waals surface area contributed by atoms with Crippen LogP contribution >= 0.6 is 0 Å². The van der Waals surface area contributed by atoms with Crippen molar-refractivity contribution < 1.29 is 9.59 Å². The third-order valence-electron chi connectivity index (χ3n) is 2.25. The van der Waals surface area contributed by atoms with Crippen LogP contribution in [0, 0.1) is 0 Å². The Morgan fingerprint density at radius 3 is 2.27 bits per heavy atom. The fourth-order valence-corrected chi connectivity index (χ4v) is 1.40. The van der Waals surface area contributed by atoms with Gasteiger partial charge in [0.15, 0.2) is 0 Å². The van der Waals surface area contributed by atoms with Gasteiger partial charge in [-0.25, -0.2) is 0 Å². The van der Waals surface area contributed by atoms with Gasteiger partial charge in [0.25, 0.3) is 0 Å². The number of Topliss-reactive ketones (excluding diaryl/α,β-unsaturated/α-hetero) is 1. The van der Waals surface area contributed by atoms with Gasteiger partial charge < -0.3 is 10.1 Å². The minimum absolute atomic E-state index is 0.154. The third kappa shape index (κ3) is 11.1.